The van der Waals surface area contributed by atoms with Crippen LogP contribution in [0.25, 0.3) is 22.7 Å². The summed E-state index contributed by atoms with van der Waals surface area (Å²) in [5, 5.41) is 2.74. The molecule has 9 heteroatoms. The van der Waals surface area contributed by atoms with Crippen LogP contribution in [0.4, 0.5) is 10.1 Å². The molecule has 2 amide bonds. The Morgan fingerprint density at radius 3 is 2.41 bits per heavy atom. The van der Waals surface area contributed by atoms with E-state index in [1.807, 2.05) is 48.5 Å². The van der Waals surface area contributed by atoms with E-state index in [0.717, 1.165) is 15.6 Å². The summed E-state index contributed by atoms with van der Waals surface area (Å²) in [5.74, 6) is 0.100. The number of benzene rings is 3. The molecular weight excluding hydrogens is 541 g/mol. The maximum atomic E-state index is 13.6. The van der Waals surface area contributed by atoms with E-state index in [-0.39, 0.29) is 24.2 Å². The van der Waals surface area contributed by atoms with Gasteiger partial charge in [0.2, 0.25) is 11.8 Å². The summed E-state index contributed by atoms with van der Waals surface area (Å²) in [6, 6.07) is 20.9. The van der Waals surface area contributed by atoms with Crippen LogP contribution in [-0.4, -0.2) is 34.8 Å². The molecule has 0 bridgehead atoms. The number of nitrogens with zero attached hydrogens (tertiary/aromatic N) is 2. The van der Waals surface area contributed by atoms with E-state index >= 15 is 0 Å². The predicted molar refractivity (Wildman–Crippen MR) is 140 cm³/mol. The molecule has 4 aromatic rings. The third-order valence-electron chi connectivity index (χ3n) is 5.97. The van der Waals surface area contributed by atoms with Gasteiger partial charge in [-0.05, 0) is 72.6 Å². The summed E-state index contributed by atoms with van der Waals surface area (Å²) in [7, 11) is 0. The standard InChI is InChI=1S/C28H23BrFN3O4/c1-17(34)31-23-12-2-18(3-13-23)14-15-33-24(35)16-36-28(33)26-25(19-6-10-22(30)11-7-19)32-27(37-26)20-4-8-21(29)9-5-20/h2-13,28H,14-16H2,1H3,(H,31,34). The van der Waals surface area contributed by atoms with Crippen molar-refractivity contribution < 1.29 is 23.1 Å². The first kappa shape index (κ1) is 24.9. The Labute approximate surface area is 221 Å². The molecule has 5 rings (SSSR count). The number of ether oxygens (including phenoxy) is 1. The Balaban J connectivity index is 1.44. The van der Waals surface area contributed by atoms with E-state index in [0.29, 0.717) is 41.6 Å². The molecule has 37 heavy (non-hydrogen) atoms. The monoisotopic (exact) mass is 563 g/mol. The van der Waals surface area contributed by atoms with Gasteiger partial charge in [0.1, 0.15) is 18.1 Å². The average Bonchev–Trinajstić information content (AvgIpc) is 3.48. The van der Waals surface area contributed by atoms with Gasteiger partial charge in [-0.15, -0.1) is 0 Å². The Kier molecular flexibility index (Phi) is 7.16. The Morgan fingerprint density at radius 1 is 1.05 bits per heavy atom. The van der Waals surface area contributed by atoms with Crippen molar-refractivity contribution in [3.8, 4) is 22.7 Å². The van der Waals surface area contributed by atoms with E-state index in [4.69, 9.17) is 14.1 Å². The lowest BCUT2D eigenvalue weighted by Crippen LogP contribution is -2.30. The van der Waals surface area contributed by atoms with E-state index in [1.165, 1.54) is 19.1 Å². The predicted octanol–water partition coefficient (Wildman–Crippen LogP) is 5.97. The molecule has 0 saturated carbocycles. The fraction of sp³-hybridized carbons (Fsp3) is 0.179. The van der Waals surface area contributed by atoms with Gasteiger partial charge < -0.3 is 19.4 Å². The first-order valence-corrected chi connectivity index (χ1v) is 12.5. The SMILES string of the molecule is CC(=O)Nc1ccc(CCN2C(=O)COC2c2oc(-c3ccc(Br)cc3)nc2-c2ccc(F)cc2)cc1. The second-order valence-electron chi connectivity index (χ2n) is 8.62. The lowest BCUT2D eigenvalue weighted by molar-refractivity contribution is -0.128. The van der Waals surface area contributed by atoms with Crippen molar-refractivity contribution in [2.75, 3.05) is 18.5 Å². The molecule has 1 N–H and O–H groups in total. The maximum absolute atomic E-state index is 13.6. The van der Waals surface area contributed by atoms with Crippen molar-refractivity contribution in [2.24, 2.45) is 0 Å². The van der Waals surface area contributed by atoms with Crippen molar-refractivity contribution in [2.45, 2.75) is 19.6 Å². The van der Waals surface area contributed by atoms with Crippen LogP contribution < -0.4 is 5.32 Å². The third kappa shape index (κ3) is 5.63. The molecule has 1 aromatic heterocycles. The van der Waals surface area contributed by atoms with Crippen LogP contribution in [0.5, 0.6) is 0 Å². The lowest BCUT2D eigenvalue weighted by atomic mass is 10.1. The van der Waals surface area contributed by atoms with Crippen LogP contribution in [0.2, 0.25) is 0 Å². The van der Waals surface area contributed by atoms with Crippen LogP contribution in [0, 0.1) is 5.82 Å². The number of carbonyl (C=O) groups is 2. The Bertz CT molecular complexity index is 1420. The van der Waals surface area contributed by atoms with Gasteiger partial charge in [0, 0.05) is 34.8 Å². The molecule has 0 spiro atoms. The number of halogens is 2. The van der Waals surface area contributed by atoms with Gasteiger partial charge >= 0.3 is 0 Å². The van der Waals surface area contributed by atoms with Crippen LogP contribution in [0.3, 0.4) is 0 Å². The smallest absolute Gasteiger partial charge is 0.251 e. The minimum atomic E-state index is -0.775. The summed E-state index contributed by atoms with van der Waals surface area (Å²) in [4.78, 5) is 30.4. The molecule has 1 saturated heterocycles. The first-order chi connectivity index (χ1) is 17.9. The van der Waals surface area contributed by atoms with Gasteiger partial charge in [0.05, 0.1) is 0 Å². The van der Waals surface area contributed by atoms with Gasteiger partial charge in [-0.25, -0.2) is 9.37 Å². The van der Waals surface area contributed by atoms with E-state index in [2.05, 4.69) is 21.2 Å². The van der Waals surface area contributed by atoms with Gasteiger partial charge in [-0.3, -0.25) is 9.59 Å². The van der Waals surface area contributed by atoms with Crippen LogP contribution in [0.1, 0.15) is 24.5 Å². The minimum absolute atomic E-state index is 0.0800. The van der Waals surface area contributed by atoms with Crippen LogP contribution in [-0.2, 0) is 20.7 Å². The number of hydrogen-bond acceptors (Lipinski definition) is 5. The second-order valence-corrected chi connectivity index (χ2v) is 9.54. The highest BCUT2D eigenvalue weighted by Gasteiger charge is 2.38. The summed E-state index contributed by atoms with van der Waals surface area (Å²) >= 11 is 3.43. The molecule has 1 aliphatic rings. The first-order valence-electron chi connectivity index (χ1n) is 11.7. The molecule has 0 radical (unpaired) electrons. The highest BCUT2D eigenvalue weighted by atomic mass is 79.9. The molecule has 7 nitrogen and oxygen atoms in total. The summed E-state index contributed by atoms with van der Waals surface area (Å²) in [6.07, 6.45) is -0.200. The number of oxazole rings is 1. The quantitative estimate of drug-likeness (QED) is 0.299. The molecular formula is C28H23BrFN3O4. The summed E-state index contributed by atoms with van der Waals surface area (Å²) < 4.78 is 26.6. The number of hydrogen-bond donors (Lipinski definition) is 1. The number of rotatable bonds is 7. The number of amides is 2. The number of aromatic nitrogens is 1. The van der Waals surface area contributed by atoms with Gasteiger partial charge in [-0.2, -0.15) is 0 Å². The largest absolute Gasteiger partial charge is 0.436 e. The Morgan fingerprint density at radius 2 is 1.73 bits per heavy atom. The fourth-order valence-electron chi connectivity index (χ4n) is 4.15. The molecule has 1 fully saturated rings. The normalized spacial score (nSPS) is 15.3. The number of nitrogens with one attached hydrogen (secondary N) is 1. The molecule has 1 atom stereocenters. The minimum Gasteiger partial charge on any atom is -0.436 e. The van der Waals surface area contributed by atoms with E-state index in [9.17, 15) is 14.0 Å². The van der Waals surface area contributed by atoms with Crippen LogP contribution in [0.15, 0.2) is 81.7 Å². The molecule has 3 aromatic carbocycles. The van der Waals surface area contributed by atoms with Gasteiger partial charge in [0.25, 0.3) is 5.91 Å². The van der Waals surface area contributed by atoms with Crippen molar-refractivity contribution in [3.05, 3.63) is 94.4 Å². The zero-order chi connectivity index (χ0) is 25.9. The molecule has 2 heterocycles. The van der Waals surface area contributed by atoms with Crippen LogP contribution >= 0.6 is 15.9 Å². The van der Waals surface area contributed by atoms with E-state index in [1.54, 1.807) is 17.0 Å². The van der Waals surface area contributed by atoms with Crippen molar-refractivity contribution >= 4 is 33.4 Å². The number of anilines is 1. The fourth-order valence-corrected chi connectivity index (χ4v) is 4.41. The molecule has 0 aliphatic carbocycles. The lowest BCUT2D eigenvalue weighted by Gasteiger charge is -2.22. The second kappa shape index (κ2) is 10.7. The average molecular weight is 564 g/mol. The highest BCUT2D eigenvalue weighted by molar-refractivity contribution is 9.10. The topological polar surface area (TPSA) is 84.7 Å². The van der Waals surface area contributed by atoms with Gasteiger partial charge in [0.15, 0.2) is 12.0 Å². The molecule has 1 unspecified atom stereocenters. The summed E-state index contributed by atoms with van der Waals surface area (Å²) in [6.45, 7) is 1.77. The summed E-state index contributed by atoms with van der Waals surface area (Å²) in [5.41, 5.74) is 3.61. The van der Waals surface area contributed by atoms with Crippen molar-refractivity contribution in [1.82, 2.24) is 9.88 Å². The van der Waals surface area contributed by atoms with Gasteiger partial charge in [-0.1, -0.05) is 28.1 Å². The molecule has 1 aliphatic heterocycles. The van der Waals surface area contributed by atoms with Crippen molar-refractivity contribution in [3.63, 3.8) is 0 Å². The Hall–Kier alpha value is -3.82. The number of carbonyl (C=O) groups excluding carboxylic acids is 2. The highest BCUT2D eigenvalue weighted by Crippen LogP contribution is 2.38. The zero-order valence-electron chi connectivity index (χ0n) is 19.9. The zero-order valence-corrected chi connectivity index (χ0v) is 21.5. The van der Waals surface area contributed by atoms with Crippen molar-refractivity contribution in [1.29, 1.82) is 0 Å². The maximum Gasteiger partial charge on any atom is 0.251 e. The van der Waals surface area contributed by atoms with E-state index < -0.39 is 6.23 Å². The molecule has 188 valence electrons. The third-order valence-corrected chi connectivity index (χ3v) is 6.50.